The van der Waals surface area contributed by atoms with Crippen LogP contribution in [0.2, 0.25) is 0 Å². The molecule has 1 heterocycles. The number of carbonyl (C=O) groups is 3. The summed E-state index contributed by atoms with van der Waals surface area (Å²) in [5.41, 5.74) is 5.00. The molecule has 96 valence electrons. The summed E-state index contributed by atoms with van der Waals surface area (Å²) in [4.78, 5) is 34.5. The molecule has 8 heteroatoms. The first-order valence-corrected chi connectivity index (χ1v) is 5.10. The second-order valence-electron chi connectivity index (χ2n) is 3.70. The highest BCUT2D eigenvalue weighted by Gasteiger charge is 2.33. The SMILES string of the molecule is CC(NC(=O)N1CCOCC1C(=O)O)C(N)=O. The van der Waals surface area contributed by atoms with Crippen LogP contribution in [0.25, 0.3) is 0 Å². The Labute approximate surface area is 97.7 Å². The van der Waals surface area contributed by atoms with Crippen LogP contribution in [0.4, 0.5) is 4.79 Å². The number of hydrogen-bond donors (Lipinski definition) is 3. The smallest absolute Gasteiger partial charge is 0.328 e. The predicted molar refractivity (Wildman–Crippen MR) is 56.1 cm³/mol. The number of nitrogens with zero attached hydrogens (tertiary/aromatic N) is 1. The van der Waals surface area contributed by atoms with E-state index < -0.39 is 30.0 Å². The molecule has 0 aromatic heterocycles. The average molecular weight is 245 g/mol. The first-order chi connectivity index (χ1) is 7.93. The molecule has 17 heavy (non-hydrogen) atoms. The van der Waals surface area contributed by atoms with E-state index >= 15 is 0 Å². The van der Waals surface area contributed by atoms with Crippen LogP contribution in [0.1, 0.15) is 6.92 Å². The van der Waals surface area contributed by atoms with Gasteiger partial charge in [0.25, 0.3) is 0 Å². The molecule has 2 unspecified atom stereocenters. The molecule has 1 rings (SSSR count). The quantitative estimate of drug-likeness (QED) is 0.550. The van der Waals surface area contributed by atoms with Gasteiger partial charge < -0.3 is 25.8 Å². The second-order valence-corrected chi connectivity index (χ2v) is 3.70. The van der Waals surface area contributed by atoms with E-state index in [0.717, 1.165) is 4.90 Å². The normalized spacial score (nSPS) is 21.7. The van der Waals surface area contributed by atoms with E-state index in [-0.39, 0.29) is 19.8 Å². The van der Waals surface area contributed by atoms with Crippen molar-refractivity contribution in [1.82, 2.24) is 10.2 Å². The summed E-state index contributed by atoms with van der Waals surface area (Å²) in [7, 11) is 0. The summed E-state index contributed by atoms with van der Waals surface area (Å²) in [5, 5.41) is 11.2. The Kier molecular flexibility index (Phi) is 4.27. The van der Waals surface area contributed by atoms with E-state index in [2.05, 4.69) is 5.32 Å². The van der Waals surface area contributed by atoms with Gasteiger partial charge in [0.2, 0.25) is 5.91 Å². The lowest BCUT2D eigenvalue weighted by Crippen LogP contribution is -2.58. The Hall–Kier alpha value is -1.83. The zero-order valence-corrected chi connectivity index (χ0v) is 9.38. The van der Waals surface area contributed by atoms with Crippen LogP contribution >= 0.6 is 0 Å². The van der Waals surface area contributed by atoms with Crippen molar-refractivity contribution in [3.8, 4) is 0 Å². The highest BCUT2D eigenvalue weighted by Crippen LogP contribution is 2.07. The molecule has 3 amide bonds. The molecular weight excluding hydrogens is 230 g/mol. The van der Waals surface area contributed by atoms with E-state index in [1.165, 1.54) is 6.92 Å². The molecule has 2 atom stereocenters. The van der Waals surface area contributed by atoms with Crippen LogP contribution < -0.4 is 11.1 Å². The number of nitrogens with two attached hydrogens (primary N) is 1. The van der Waals surface area contributed by atoms with Gasteiger partial charge >= 0.3 is 12.0 Å². The Morgan fingerprint density at radius 3 is 2.71 bits per heavy atom. The Morgan fingerprint density at radius 2 is 2.18 bits per heavy atom. The average Bonchev–Trinajstić information content (AvgIpc) is 2.28. The molecule has 1 saturated heterocycles. The van der Waals surface area contributed by atoms with Crippen LogP contribution in [-0.4, -0.2) is 59.8 Å². The minimum atomic E-state index is -1.15. The monoisotopic (exact) mass is 245 g/mol. The topological polar surface area (TPSA) is 122 Å². The maximum Gasteiger partial charge on any atom is 0.328 e. The third kappa shape index (κ3) is 3.31. The first kappa shape index (κ1) is 13.2. The van der Waals surface area contributed by atoms with Gasteiger partial charge in [-0.25, -0.2) is 9.59 Å². The minimum Gasteiger partial charge on any atom is -0.480 e. The molecule has 0 aromatic rings. The molecule has 1 fully saturated rings. The standard InChI is InChI=1S/C9H15N3O5/c1-5(7(10)13)11-9(16)12-2-3-17-4-6(12)8(14)15/h5-6H,2-4H2,1H3,(H2,10,13)(H,11,16)(H,14,15). The third-order valence-corrected chi connectivity index (χ3v) is 2.44. The van der Waals surface area contributed by atoms with E-state index in [4.69, 9.17) is 15.6 Å². The van der Waals surface area contributed by atoms with Crippen molar-refractivity contribution >= 4 is 17.9 Å². The number of amides is 3. The number of primary amides is 1. The van der Waals surface area contributed by atoms with E-state index in [9.17, 15) is 14.4 Å². The molecule has 0 bridgehead atoms. The highest BCUT2D eigenvalue weighted by atomic mass is 16.5. The molecule has 0 aromatic carbocycles. The van der Waals surface area contributed by atoms with Gasteiger partial charge in [0.15, 0.2) is 6.04 Å². The summed E-state index contributed by atoms with van der Waals surface area (Å²) in [5.74, 6) is -1.83. The number of morpholine rings is 1. The minimum absolute atomic E-state index is 0.0618. The molecule has 0 radical (unpaired) electrons. The molecule has 0 aliphatic carbocycles. The number of ether oxygens (including phenoxy) is 1. The van der Waals surface area contributed by atoms with Gasteiger partial charge in [-0.2, -0.15) is 0 Å². The number of carbonyl (C=O) groups excluding carboxylic acids is 2. The fourth-order valence-electron chi connectivity index (χ4n) is 1.39. The van der Waals surface area contributed by atoms with Crippen LogP contribution in [-0.2, 0) is 14.3 Å². The van der Waals surface area contributed by atoms with Gasteiger partial charge in [-0.3, -0.25) is 4.79 Å². The van der Waals surface area contributed by atoms with Crippen molar-refractivity contribution in [2.45, 2.75) is 19.0 Å². The summed E-state index contributed by atoms with van der Waals surface area (Å²) in [6.07, 6.45) is 0. The summed E-state index contributed by atoms with van der Waals surface area (Å²) in [6.45, 7) is 1.79. The highest BCUT2D eigenvalue weighted by molar-refractivity contribution is 5.87. The van der Waals surface area contributed by atoms with E-state index in [1.54, 1.807) is 0 Å². The number of aliphatic carboxylic acids is 1. The largest absolute Gasteiger partial charge is 0.480 e. The Morgan fingerprint density at radius 1 is 1.53 bits per heavy atom. The summed E-state index contributed by atoms with van der Waals surface area (Å²) in [6, 6.07) is -2.52. The fraction of sp³-hybridized carbons (Fsp3) is 0.667. The predicted octanol–water partition coefficient (Wildman–Crippen LogP) is -1.64. The van der Waals surface area contributed by atoms with Crippen molar-refractivity contribution in [2.24, 2.45) is 5.73 Å². The Bertz CT molecular complexity index is 333. The summed E-state index contributed by atoms with van der Waals surface area (Å²) >= 11 is 0. The molecule has 8 nitrogen and oxygen atoms in total. The van der Waals surface area contributed by atoms with Gasteiger partial charge in [0, 0.05) is 6.54 Å². The Balaban J connectivity index is 2.65. The maximum absolute atomic E-state index is 11.7. The van der Waals surface area contributed by atoms with Gasteiger partial charge in [0.1, 0.15) is 6.04 Å². The molecule has 0 spiro atoms. The third-order valence-electron chi connectivity index (χ3n) is 2.44. The molecular formula is C9H15N3O5. The van der Waals surface area contributed by atoms with Crippen molar-refractivity contribution in [2.75, 3.05) is 19.8 Å². The zero-order chi connectivity index (χ0) is 13.0. The zero-order valence-electron chi connectivity index (χ0n) is 9.38. The molecule has 4 N–H and O–H groups in total. The molecule has 1 aliphatic rings. The number of carboxylic acids is 1. The van der Waals surface area contributed by atoms with Gasteiger partial charge in [-0.05, 0) is 6.92 Å². The van der Waals surface area contributed by atoms with Gasteiger partial charge in [-0.15, -0.1) is 0 Å². The molecule has 0 saturated carbocycles. The number of urea groups is 1. The lowest BCUT2D eigenvalue weighted by Gasteiger charge is -2.33. The van der Waals surface area contributed by atoms with E-state index in [1.807, 2.05) is 0 Å². The van der Waals surface area contributed by atoms with Crippen molar-refractivity contribution in [3.05, 3.63) is 0 Å². The van der Waals surface area contributed by atoms with Crippen molar-refractivity contribution in [3.63, 3.8) is 0 Å². The lowest BCUT2D eigenvalue weighted by atomic mass is 10.2. The fourth-order valence-corrected chi connectivity index (χ4v) is 1.39. The second kappa shape index (κ2) is 5.48. The van der Waals surface area contributed by atoms with Crippen LogP contribution in [0.5, 0.6) is 0 Å². The van der Waals surface area contributed by atoms with Crippen molar-refractivity contribution < 1.29 is 24.2 Å². The van der Waals surface area contributed by atoms with E-state index in [0.29, 0.717) is 0 Å². The molecule has 1 aliphatic heterocycles. The number of carboxylic acid groups (broad SMARTS) is 1. The van der Waals surface area contributed by atoms with Crippen molar-refractivity contribution in [1.29, 1.82) is 0 Å². The number of rotatable bonds is 3. The maximum atomic E-state index is 11.7. The van der Waals surface area contributed by atoms with Crippen LogP contribution in [0.15, 0.2) is 0 Å². The number of nitrogens with one attached hydrogen (secondary N) is 1. The first-order valence-electron chi connectivity index (χ1n) is 5.10. The van der Waals surface area contributed by atoms with Crippen LogP contribution in [0.3, 0.4) is 0 Å². The van der Waals surface area contributed by atoms with Gasteiger partial charge in [0.05, 0.1) is 13.2 Å². The number of hydrogen-bond acceptors (Lipinski definition) is 4. The summed E-state index contributed by atoms with van der Waals surface area (Å²) < 4.78 is 4.98. The lowest BCUT2D eigenvalue weighted by molar-refractivity contribution is -0.147. The van der Waals surface area contributed by atoms with Crippen LogP contribution in [0, 0.1) is 0 Å². The van der Waals surface area contributed by atoms with Gasteiger partial charge in [-0.1, -0.05) is 0 Å².